The maximum Gasteiger partial charge on any atom is 0.223 e. The molecule has 1 aromatic carbocycles. The van der Waals surface area contributed by atoms with Gasteiger partial charge in [-0.1, -0.05) is 12.1 Å². The number of hydrogen-bond donors (Lipinski definition) is 2. The Labute approximate surface area is 162 Å². The molecule has 27 heavy (non-hydrogen) atoms. The number of likely N-dealkylation sites (tertiary alicyclic amines) is 1. The molecule has 0 spiro atoms. The molecule has 0 radical (unpaired) electrons. The van der Waals surface area contributed by atoms with E-state index >= 15 is 0 Å². The lowest BCUT2D eigenvalue weighted by atomic mass is 10.1. The van der Waals surface area contributed by atoms with Crippen LogP contribution in [0.1, 0.15) is 30.9 Å². The van der Waals surface area contributed by atoms with Crippen molar-refractivity contribution in [1.82, 2.24) is 20.4 Å². The van der Waals surface area contributed by atoms with Crippen molar-refractivity contribution in [3.05, 3.63) is 29.8 Å². The molecule has 2 rings (SSSR count). The number of nitrogens with one attached hydrogen (secondary N) is 2. The van der Waals surface area contributed by atoms with Gasteiger partial charge in [-0.2, -0.15) is 0 Å². The van der Waals surface area contributed by atoms with E-state index in [-0.39, 0.29) is 11.9 Å². The average molecular weight is 376 g/mol. The predicted octanol–water partition coefficient (Wildman–Crippen LogP) is 1.48. The first-order valence-electron chi connectivity index (χ1n) is 9.57. The van der Waals surface area contributed by atoms with E-state index in [4.69, 9.17) is 4.74 Å². The highest BCUT2D eigenvalue weighted by Crippen LogP contribution is 2.27. The van der Waals surface area contributed by atoms with E-state index in [9.17, 15) is 4.79 Å². The molecule has 150 valence electrons. The third kappa shape index (κ3) is 6.43. The van der Waals surface area contributed by atoms with Crippen LogP contribution in [0, 0.1) is 0 Å². The first-order chi connectivity index (χ1) is 13.0. The van der Waals surface area contributed by atoms with E-state index in [1.165, 1.54) is 18.4 Å². The summed E-state index contributed by atoms with van der Waals surface area (Å²) < 4.78 is 5.40. The van der Waals surface area contributed by atoms with Crippen molar-refractivity contribution in [1.29, 1.82) is 0 Å². The second kappa shape index (κ2) is 10.8. The number of guanidine groups is 1. The minimum Gasteiger partial charge on any atom is -0.497 e. The van der Waals surface area contributed by atoms with Crippen LogP contribution in [0.4, 0.5) is 0 Å². The van der Waals surface area contributed by atoms with Crippen LogP contribution in [-0.2, 0) is 4.79 Å². The van der Waals surface area contributed by atoms with Crippen molar-refractivity contribution < 1.29 is 9.53 Å². The normalized spacial score (nSPS) is 16.1. The standard InChI is InChI=1S/C20H33N5O2/c1-21-20(22-11-10-19(26)24(2)3)23-15-18(25-12-5-6-13-25)16-8-7-9-17(14-16)27-4/h7-9,14,18H,5-6,10-13,15H2,1-4H3,(H2,21,22,23). The zero-order valence-electron chi connectivity index (χ0n) is 17.0. The van der Waals surface area contributed by atoms with Gasteiger partial charge < -0.3 is 20.3 Å². The Balaban J connectivity index is 1.96. The first-order valence-corrected chi connectivity index (χ1v) is 9.57. The molecule has 1 fully saturated rings. The van der Waals surface area contributed by atoms with Gasteiger partial charge in [-0.25, -0.2) is 0 Å². The van der Waals surface area contributed by atoms with Gasteiger partial charge in [0, 0.05) is 40.7 Å². The fourth-order valence-corrected chi connectivity index (χ4v) is 3.29. The Morgan fingerprint density at radius 2 is 2.04 bits per heavy atom. The highest BCUT2D eigenvalue weighted by molar-refractivity contribution is 5.81. The van der Waals surface area contributed by atoms with Gasteiger partial charge in [-0.3, -0.25) is 14.7 Å². The van der Waals surface area contributed by atoms with Crippen LogP contribution in [0.5, 0.6) is 5.75 Å². The van der Waals surface area contributed by atoms with Crippen LogP contribution in [-0.4, -0.2) is 76.1 Å². The quantitative estimate of drug-likeness (QED) is 0.532. The van der Waals surface area contributed by atoms with E-state index < -0.39 is 0 Å². The van der Waals surface area contributed by atoms with Crippen molar-refractivity contribution in [3.8, 4) is 5.75 Å². The minimum absolute atomic E-state index is 0.101. The topological polar surface area (TPSA) is 69.2 Å². The predicted molar refractivity (Wildman–Crippen MR) is 109 cm³/mol. The van der Waals surface area contributed by atoms with Crippen LogP contribution in [0.3, 0.4) is 0 Å². The summed E-state index contributed by atoms with van der Waals surface area (Å²) in [4.78, 5) is 20.1. The molecule has 1 unspecified atom stereocenters. The number of methoxy groups -OCH3 is 1. The molecule has 2 N–H and O–H groups in total. The summed E-state index contributed by atoms with van der Waals surface area (Å²) in [6, 6.07) is 8.53. The van der Waals surface area contributed by atoms with E-state index in [1.807, 2.05) is 12.1 Å². The second-order valence-electron chi connectivity index (χ2n) is 6.95. The summed E-state index contributed by atoms with van der Waals surface area (Å²) in [5.74, 6) is 1.69. The number of rotatable bonds is 8. The number of amides is 1. The van der Waals surface area contributed by atoms with Crippen molar-refractivity contribution >= 4 is 11.9 Å². The summed E-state index contributed by atoms with van der Waals surface area (Å²) in [5.41, 5.74) is 1.24. The van der Waals surface area contributed by atoms with Crippen LogP contribution < -0.4 is 15.4 Å². The fraction of sp³-hybridized carbons (Fsp3) is 0.600. The minimum atomic E-state index is 0.101. The smallest absolute Gasteiger partial charge is 0.223 e. The molecule has 7 nitrogen and oxygen atoms in total. The largest absolute Gasteiger partial charge is 0.497 e. The zero-order valence-corrected chi connectivity index (χ0v) is 17.0. The summed E-state index contributed by atoms with van der Waals surface area (Å²) in [7, 11) is 6.98. The lowest BCUT2D eigenvalue weighted by molar-refractivity contribution is -0.128. The number of ether oxygens (including phenoxy) is 1. The van der Waals surface area contributed by atoms with Gasteiger partial charge in [0.25, 0.3) is 0 Å². The van der Waals surface area contributed by atoms with Crippen molar-refractivity contribution in [3.63, 3.8) is 0 Å². The molecule has 7 heteroatoms. The summed E-state index contributed by atoms with van der Waals surface area (Å²) in [5, 5.41) is 6.64. The number of carbonyl (C=O) groups excluding carboxylic acids is 1. The van der Waals surface area contributed by atoms with Gasteiger partial charge >= 0.3 is 0 Å². The Bertz CT molecular complexity index is 627. The van der Waals surface area contributed by atoms with Crippen molar-refractivity contribution in [2.45, 2.75) is 25.3 Å². The highest BCUT2D eigenvalue weighted by atomic mass is 16.5. The number of aliphatic imine (C=N–C) groups is 1. The molecule has 1 amide bonds. The van der Waals surface area contributed by atoms with Crippen LogP contribution in [0.25, 0.3) is 0 Å². The molecule has 0 aliphatic carbocycles. The average Bonchev–Trinajstić information content (AvgIpc) is 3.21. The summed E-state index contributed by atoms with van der Waals surface area (Å²) in [6.07, 6.45) is 2.92. The SMILES string of the molecule is CN=C(NCCC(=O)N(C)C)NCC(c1cccc(OC)c1)N1CCCC1. The van der Waals surface area contributed by atoms with Gasteiger partial charge in [0.1, 0.15) is 5.75 Å². The molecule has 0 saturated carbocycles. The Hall–Kier alpha value is -2.28. The van der Waals surface area contributed by atoms with Gasteiger partial charge in [0.05, 0.1) is 13.2 Å². The zero-order chi connectivity index (χ0) is 19.6. The Morgan fingerprint density at radius 3 is 2.67 bits per heavy atom. The van der Waals surface area contributed by atoms with Crippen LogP contribution in [0.15, 0.2) is 29.3 Å². The van der Waals surface area contributed by atoms with E-state index in [0.29, 0.717) is 18.9 Å². The molecular weight excluding hydrogens is 342 g/mol. The van der Waals surface area contributed by atoms with E-state index in [0.717, 1.165) is 25.4 Å². The molecule has 1 saturated heterocycles. The number of benzene rings is 1. The summed E-state index contributed by atoms with van der Waals surface area (Å²) >= 11 is 0. The molecule has 0 bridgehead atoms. The summed E-state index contributed by atoms with van der Waals surface area (Å²) in [6.45, 7) is 3.51. The molecule has 1 heterocycles. The Kier molecular flexibility index (Phi) is 8.39. The third-order valence-corrected chi connectivity index (χ3v) is 4.88. The first kappa shape index (κ1) is 21.0. The lowest BCUT2D eigenvalue weighted by Crippen LogP contribution is -2.43. The molecular formula is C20H33N5O2. The lowest BCUT2D eigenvalue weighted by Gasteiger charge is -2.29. The Morgan fingerprint density at radius 1 is 1.30 bits per heavy atom. The second-order valence-corrected chi connectivity index (χ2v) is 6.95. The maximum atomic E-state index is 11.7. The number of hydrogen-bond acceptors (Lipinski definition) is 4. The molecule has 1 aliphatic rings. The van der Waals surface area contributed by atoms with Gasteiger partial charge in [-0.15, -0.1) is 0 Å². The monoisotopic (exact) mass is 375 g/mol. The van der Waals surface area contributed by atoms with Gasteiger partial charge in [0.2, 0.25) is 5.91 Å². The highest BCUT2D eigenvalue weighted by Gasteiger charge is 2.24. The van der Waals surface area contributed by atoms with E-state index in [2.05, 4.69) is 32.7 Å². The van der Waals surface area contributed by atoms with E-state index in [1.54, 1.807) is 33.2 Å². The molecule has 1 aliphatic heterocycles. The van der Waals surface area contributed by atoms with Crippen molar-refractivity contribution in [2.24, 2.45) is 4.99 Å². The third-order valence-electron chi connectivity index (χ3n) is 4.88. The number of carbonyl (C=O) groups is 1. The van der Waals surface area contributed by atoms with Gasteiger partial charge in [-0.05, 0) is 43.6 Å². The van der Waals surface area contributed by atoms with Crippen molar-refractivity contribution in [2.75, 3.05) is 54.4 Å². The van der Waals surface area contributed by atoms with Crippen LogP contribution in [0.2, 0.25) is 0 Å². The molecule has 0 aromatic heterocycles. The molecule has 1 aromatic rings. The van der Waals surface area contributed by atoms with Gasteiger partial charge in [0.15, 0.2) is 5.96 Å². The number of nitrogens with zero attached hydrogens (tertiary/aromatic N) is 3. The maximum absolute atomic E-state index is 11.7. The van der Waals surface area contributed by atoms with Crippen LogP contribution >= 0.6 is 0 Å². The fourth-order valence-electron chi connectivity index (χ4n) is 3.29. The molecule has 1 atom stereocenters.